The van der Waals surface area contributed by atoms with Gasteiger partial charge in [-0.15, -0.1) is 11.6 Å². The number of nitrogens with one attached hydrogen (secondary N) is 1. The number of sulfonamides is 1. The van der Waals surface area contributed by atoms with Gasteiger partial charge in [0.2, 0.25) is 0 Å². The molecule has 0 spiro atoms. The smallest absolute Gasteiger partial charge is 0.262 e. The molecule has 1 fully saturated rings. The van der Waals surface area contributed by atoms with Gasteiger partial charge in [-0.05, 0) is 19.3 Å². The summed E-state index contributed by atoms with van der Waals surface area (Å²) in [5.74, 6) is 0.381. The number of aromatic nitrogens is 2. The van der Waals surface area contributed by atoms with Crippen LogP contribution in [0.2, 0.25) is 0 Å². The van der Waals surface area contributed by atoms with Crippen LogP contribution in [-0.4, -0.2) is 49.7 Å². The van der Waals surface area contributed by atoms with E-state index in [0.717, 1.165) is 6.42 Å². The molecule has 2 rings (SSSR count). The van der Waals surface area contributed by atoms with Crippen molar-refractivity contribution in [2.75, 3.05) is 26.8 Å². The molecule has 1 aliphatic rings. The average molecular weight is 308 g/mol. The number of methoxy groups -OCH3 is 1. The summed E-state index contributed by atoms with van der Waals surface area (Å²) >= 11 is 5.81. The molecule has 1 aromatic heterocycles. The minimum Gasteiger partial charge on any atom is -0.384 e. The zero-order valence-electron chi connectivity index (χ0n) is 11.0. The van der Waals surface area contributed by atoms with E-state index in [0.29, 0.717) is 31.0 Å². The molecule has 0 aromatic carbocycles. The summed E-state index contributed by atoms with van der Waals surface area (Å²) in [4.78, 5) is 0. The van der Waals surface area contributed by atoms with E-state index in [2.05, 4.69) is 10.2 Å². The Labute approximate surface area is 118 Å². The van der Waals surface area contributed by atoms with Gasteiger partial charge in [0.1, 0.15) is 0 Å². The summed E-state index contributed by atoms with van der Waals surface area (Å²) in [6.45, 7) is 3.32. The Morgan fingerprint density at radius 2 is 2.32 bits per heavy atom. The molecule has 1 N–H and O–H groups in total. The van der Waals surface area contributed by atoms with Gasteiger partial charge in [0.15, 0.2) is 5.03 Å². The molecular formula is C11H18ClN3O3S. The first-order valence-electron chi connectivity index (χ1n) is 6.09. The highest BCUT2D eigenvalue weighted by atomic mass is 35.5. The van der Waals surface area contributed by atoms with Crippen molar-refractivity contribution in [3.05, 3.63) is 11.3 Å². The molecule has 6 nitrogen and oxygen atoms in total. The Hall–Kier alpha value is -0.630. The van der Waals surface area contributed by atoms with Crippen molar-refractivity contribution >= 4 is 21.6 Å². The number of halogens is 1. The van der Waals surface area contributed by atoms with E-state index >= 15 is 0 Å². The van der Waals surface area contributed by atoms with E-state index in [1.165, 1.54) is 4.31 Å². The van der Waals surface area contributed by atoms with E-state index in [4.69, 9.17) is 16.3 Å². The monoisotopic (exact) mass is 307 g/mol. The molecule has 1 saturated heterocycles. The maximum absolute atomic E-state index is 12.5. The fraction of sp³-hybridized carbons (Fsp3) is 0.727. The van der Waals surface area contributed by atoms with Crippen molar-refractivity contribution in [3.8, 4) is 0 Å². The SMILES string of the molecule is COCC1CCN(S(=O)(=O)c2n[nH]c(C)c2CCl)C1. The maximum atomic E-state index is 12.5. The summed E-state index contributed by atoms with van der Waals surface area (Å²) in [6.07, 6.45) is 0.812. The van der Waals surface area contributed by atoms with Crippen LogP contribution in [0, 0.1) is 12.8 Å². The van der Waals surface area contributed by atoms with Crippen LogP contribution >= 0.6 is 11.6 Å². The normalized spacial score (nSPS) is 21.1. The van der Waals surface area contributed by atoms with Crippen LogP contribution in [0.4, 0.5) is 0 Å². The topological polar surface area (TPSA) is 75.3 Å². The fourth-order valence-corrected chi connectivity index (χ4v) is 4.41. The summed E-state index contributed by atoms with van der Waals surface area (Å²) in [5, 5.41) is 6.65. The summed E-state index contributed by atoms with van der Waals surface area (Å²) < 4.78 is 31.6. The van der Waals surface area contributed by atoms with Gasteiger partial charge in [0.05, 0.1) is 12.5 Å². The lowest BCUT2D eigenvalue weighted by Gasteiger charge is -2.15. The second kappa shape index (κ2) is 5.78. The summed E-state index contributed by atoms with van der Waals surface area (Å²) in [5.41, 5.74) is 1.25. The first-order chi connectivity index (χ1) is 9.00. The molecular weight excluding hydrogens is 290 g/mol. The Bertz CT molecular complexity index is 543. The van der Waals surface area contributed by atoms with Gasteiger partial charge >= 0.3 is 0 Å². The van der Waals surface area contributed by atoms with Gasteiger partial charge in [-0.2, -0.15) is 9.40 Å². The predicted molar refractivity (Wildman–Crippen MR) is 71.6 cm³/mol. The van der Waals surface area contributed by atoms with Crippen LogP contribution in [0.3, 0.4) is 0 Å². The third-order valence-corrected chi connectivity index (χ3v) is 5.51. The van der Waals surface area contributed by atoms with Crippen LogP contribution in [-0.2, 0) is 20.6 Å². The molecule has 1 aromatic rings. The Kier molecular flexibility index (Phi) is 4.50. The lowest BCUT2D eigenvalue weighted by molar-refractivity contribution is 0.157. The van der Waals surface area contributed by atoms with Gasteiger partial charge in [0.25, 0.3) is 10.0 Å². The number of hydrogen-bond acceptors (Lipinski definition) is 4. The molecule has 108 valence electrons. The van der Waals surface area contributed by atoms with Gasteiger partial charge in [-0.25, -0.2) is 8.42 Å². The molecule has 8 heteroatoms. The molecule has 0 saturated carbocycles. The molecule has 0 radical (unpaired) electrons. The van der Waals surface area contributed by atoms with Gasteiger partial charge in [0, 0.05) is 31.5 Å². The maximum Gasteiger partial charge on any atom is 0.262 e. The van der Waals surface area contributed by atoms with Crippen LogP contribution in [0.1, 0.15) is 17.7 Å². The number of hydrogen-bond donors (Lipinski definition) is 1. The van der Waals surface area contributed by atoms with E-state index in [1.807, 2.05) is 0 Å². The number of aromatic amines is 1. The van der Waals surface area contributed by atoms with E-state index in [9.17, 15) is 8.42 Å². The van der Waals surface area contributed by atoms with Crippen LogP contribution in [0.25, 0.3) is 0 Å². The fourth-order valence-electron chi connectivity index (χ4n) is 2.31. The number of alkyl halides is 1. The molecule has 1 unspecified atom stereocenters. The van der Waals surface area contributed by atoms with Crippen molar-refractivity contribution in [3.63, 3.8) is 0 Å². The molecule has 19 heavy (non-hydrogen) atoms. The van der Waals surface area contributed by atoms with Crippen molar-refractivity contribution in [2.24, 2.45) is 5.92 Å². The standard InChI is InChI=1S/C11H18ClN3O3S/c1-8-10(5-12)11(14-13-8)19(16,17)15-4-3-9(6-15)7-18-2/h9H,3-7H2,1-2H3,(H,13,14). The molecule has 0 amide bonds. The van der Waals surface area contributed by atoms with E-state index in [1.54, 1.807) is 14.0 Å². The molecule has 2 heterocycles. The summed E-state index contributed by atoms with van der Waals surface area (Å²) in [6, 6.07) is 0. The van der Waals surface area contributed by atoms with Crippen molar-refractivity contribution in [2.45, 2.75) is 24.3 Å². The third-order valence-electron chi connectivity index (χ3n) is 3.40. The highest BCUT2D eigenvalue weighted by Gasteiger charge is 2.35. The second-order valence-corrected chi connectivity index (χ2v) is 6.86. The zero-order chi connectivity index (χ0) is 14.0. The summed E-state index contributed by atoms with van der Waals surface area (Å²) in [7, 11) is -1.94. The lowest BCUT2D eigenvalue weighted by Crippen LogP contribution is -2.30. The van der Waals surface area contributed by atoms with Crippen LogP contribution < -0.4 is 0 Å². The van der Waals surface area contributed by atoms with Gasteiger partial charge < -0.3 is 4.74 Å². The number of ether oxygens (including phenoxy) is 1. The number of aryl methyl sites for hydroxylation is 1. The van der Waals surface area contributed by atoms with Crippen LogP contribution in [0.15, 0.2) is 5.03 Å². The van der Waals surface area contributed by atoms with Crippen molar-refractivity contribution in [1.29, 1.82) is 0 Å². The number of H-pyrrole nitrogens is 1. The van der Waals surface area contributed by atoms with Gasteiger partial charge in [-0.3, -0.25) is 5.10 Å². The highest BCUT2D eigenvalue weighted by molar-refractivity contribution is 7.89. The Morgan fingerprint density at radius 1 is 1.58 bits per heavy atom. The number of nitrogens with zero attached hydrogens (tertiary/aromatic N) is 2. The molecule has 0 bridgehead atoms. The largest absolute Gasteiger partial charge is 0.384 e. The minimum atomic E-state index is -3.56. The Morgan fingerprint density at radius 3 is 2.95 bits per heavy atom. The highest BCUT2D eigenvalue weighted by Crippen LogP contribution is 2.27. The van der Waals surface area contributed by atoms with Crippen molar-refractivity contribution < 1.29 is 13.2 Å². The second-order valence-electron chi connectivity index (χ2n) is 4.74. The lowest BCUT2D eigenvalue weighted by atomic mass is 10.1. The molecule has 1 atom stereocenters. The van der Waals surface area contributed by atoms with E-state index < -0.39 is 10.0 Å². The molecule has 0 aliphatic carbocycles. The molecule has 1 aliphatic heterocycles. The third kappa shape index (κ3) is 2.79. The van der Waals surface area contributed by atoms with E-state index in [-0.39, 0.29) is 16.8 Å². The average Bonchev–Trinajstić information content (AvgIpc) is 2.96. The van der Waals surface area contributed by atoms with Crippen molar-refractivity contribution in [1.82, 2.24) is 14.5 Å². The predicted octanol–water partition coefficient (Wildman–Crippen LogP) is 1.11. The Balaban J connectivity index is 2.23. The first kappa shape index (κ1) is 14.8. The quantitative estimate of drug-likeness (QED) is 0.827. The minimum absolute atomic E-state index is 0.0538. The first-order valence-corrected chi connectivity index (χ1v) is 8.07. The van der Waals surface area contributed by atoms with Crippen LogP contribution in [0.5, 0.6) is 0 Å². The van der Waals surface area contributed by atoms with Gasteiger partial charge in [-0.1, -0.05) is 0 Å². The zero-order valence-corrected chi connectivity index (χ0v) is 12.6. The number of rotatable bonds is 5.